The van der Waals surface area contributed by atoms with E-state index in [4.69, 9.17) is 19.1 Å². The molecule has 0 aliphatic carbocycles. The molecule has 4 N–H and O–H groups in total. The first-order valence-corrected chi connectivity index (χ1v) is 24.2. The SMILES string of the molecule is CC/C=C\C(O)C/C=C/C=C\C/C=C\C/C=C\CCCC(=O)OC[C@H](COP(=O)(O)OC[C@@H](O)CO)OC(=O)CCCCCCCCCCCCCCCCCC(C)C. The lowest BCUT2D eigenvalue weighted by Crippen LogP contribution is -2.29. The molecule has 0 aromatic heterocycles. The maximum atomic E-state index is 12.6. The van der Waals surface area contributed by atoms with Crippen LogP contribution in [-0.2, 0) is 32.7 Å². The highest BCUT2D eigenvalue weighted by molar-refractivity contribution is 7.47. The predicted molar refractivity (Wildman–Crippen MR) is 239 cm³/mol. The number of phosphoric ester groups is 1. The van der Waals surface area contributed by atoms with Gasteiger partial charge in [-0.2, -0.15) is 0 Å². The molecule has 0 saturated heterocycles. The van der Waals surface area contributed by atoms with E-state index in [2.05, 4.69) is 30.5 Å². The summed E-state index contributed by atoms with van der Waals surface area (Å²) in [7, 11) is -4.64. The predicted octanol–water partition coefficient (Wildman–Crippen LogP) is 11.1. The quantitative estimate of drug-likeness (QED) is 0.0152. The van der Waals surface area contributed by atoms with Crippen LogP contribution in [0, 0.1) is 5.92 Å². The van der Waals surface area contributed by atoms with Crippen LogP contribution in [-0.4, -0.2) is 76.9 Å². The first-order chi connectivity index (χ1) is 28.5. The molecule has 0 radical (unpaired) electrons. The van der Waals surface area contributed by atoms with E-state index in [1.54, 1.807) is 0 Å². The molecule has 0 fully saturated rings. The smallest absolute Gasteiger partial charge is 0.462 e. The fraction of sp³-hybridized carbons (Fsp3) is 0.745. The van der Waals surface area contributed by atoms with Gasteiger partial charge >= 0.3 is 19.8 Å². The molecule has 0 aliphatic rings. The zero-order valence-electron chi connectivity index (χ0n) is 37.0. The summed E-state index contributed by atoms with van der Waals surface area (Å²) in [6, 6.07) is 0. The van der Waals surface area contributed by atoms with Crippen molar-refractivity contribution in [3.8, 4) is 0 Å². The lowest BCUT2D eigenvalue weighted by molar-refractivity contribution is -0.161. The Morgan fingerprint density at radius 1 is 0.627 bits per heavy atom. The standard InChI is InChI=1S/C47H83O11P/c1-4-5-34-43(49)35-30-26-22-18-14-11-12-15-19-23-27-31-36-46(51)55-40-45(41-57-59(53,54)56-39-44(50)38-48)58-47(52)37-32-28-24-20-16-10-8-6-7-9-13-17-21-25-29-33-42(2)3/h5,11-12,18-19,22-23,26,30,34,42-45,48-50H,4,6-10,13-17,20-21,24-25,27-29,31-33,35-41H2,1-3H3,(H,53,54)/b12-11-,22-18-,23-19-,30-26+,34-5-/t43?,44-,45+/m0/s1. The number of allylic oxidation sites excluding steroid dienone is 8. The monoisotopic (exact) mass is 855 g/mol. The topological polar surface area (TPSA) is 169 Å². The summed E-state index contributed by atoms with van der Waals surface area (Å²) in [5, 5.41) is 28.1. The fourth-order valence-corrected chi connectivity index (χ4v) is 6.73. The van der Waals surface area contributed by atoms with Crippen LogP contribution in [0.25, 0.3) is 0 Å². The average molecular weight is 855 g/mol. The Morgan fingerprint density at radius 3 is 1.75 bits per heavy atom. The molecule has 0 spiro atoms. The van der Waals surface area contributed by atoms with Crippen molar-refractivity contribution in [2.45, 2.75) is 193 Å². The zero-order chi connectivity index (χ0) is 43.7. The number of aliphatic hydroxyl groups is 3. The van der Waals surface area contributed by atoms with Gasteiger partial charge in [0.05, 0.1) is 25.9 Å². The number of carbonyl (C=O) groups is 2. The number of unbranched alkanes of at least 4 members (excludes halogenated alkanes) is 15. The van der Waals surface area contributed by atoms with Crippen LogP contribution in [0.3, 0.4) is 0 Å². The van der Waals surface area contributed by atoms with Crippen molar-refractivity contribution < 1.29 is 52.9 Å². The Bertz CT molecular complexity index is 1200. The highest BCUT2D eigenvalue weighted by Crippen LogP contribution is 2.43. The molecule has 0 aliphatic heterocycles. The summed E-state index contributed by atoms with van der Waals surface area (Å²) in [5.41, 5.74) is 0. The molecular weight excluding hydrogens is 771 g/mol. The van der Waals surface area contributed by atoms with Gasteiger partial charge in [-0.25, -0.2) is 4.57 Å². The Balaban J connectivity index is 4.37. The lowest BCUT2D eigenvalue weighted by atomic mass is 10.0. The summed E-state index contributed by atoms with van der Waals surface area (Å²) in [6.07, 6.45) is 41.1. The maximum absolute atomic E-state index is 12.6. The van der Waals surface area contributed by atoms with Gasteiger partial charge in [0.1, 0.15) is 12.7 Å². The molecule has 0 rings (SSSR count). The van der Waals surface area contributed by atoms with Gasteiger partial charge < -0.3 is 29.7 Å². The molecule has 12 heteroatoms. The van der Waals surface area contributed by atoms with Gasteiger partial charge in [-0.3, -0.25) is 18.6 Å². The molecule has 342 valence electrons. The van der Waals surface area contributed by atoms with Gasteiger partial charge in [0.25, 0.3) is 0 Å². The van der Waals surface area contributed by atoms with Crippen molar-refractivity contribution in [2.24, 2.45) is 5.92 Å². The van der Waals surface area contributed by atoms with Crippen LogP contribution in [0.5, 0.6) is 0 Å². The van der Waals surface area contributed by atoms with Gasteiger partial charge in [0.2, 0.25) is 0 Å². The molecule has 2 unspecified atom stereocenters. The number of aliphatic hydroxyl groups excluding tert-OH is 3. The summed E-state index contributed by atoms with van der Waals surface area (Å²) < 4.78 is 32.7. The van der Waals surface area contributed by atoms with Crippen LogP contribution < -0.4 is 0 Å². The van der Waals surface area contributed by atoms with Crippen LogP contribution in [0.4, 0.5) is 0 Å². The highest BCUT2D eigenvalue weighted by atomic mass is 31.2. The molecule has 0 heterocycles. The molecule has 0 saturated carbocycles. The molecule has 4 atom stereocenters. The number of phosphoric acid groups is 1. The minimum Gasteiger partial charge on any atom is -0.462 e. The first-order valence-electron chi connectivity index (χ1n) is 22.7. The van der Waals surface area contributed by atoms with Crippen LogP contribution in [0.2, 0.25) is 0 Å². The second-order valence-electron chi connectivity index (χ2n) is 15.7. The van der Waals surface area contributed by atoms with Crippen molar-refractivity contribution in [3.05, 3.63) is 60.8 Å². The number of ether oxygens (including phenoxy) is 2. The minimum atomic E-state index is -4.64. The minimum absolute atomic E-state index is 0.144. The third-order valence-corrected chi connectivity index (χ3v) is 10.4. The lowest BCUT2D eigenvalue weighted by Gasteiger charge is -2.20. The molecule has 0 bridgehead atoms. The number of carbonyl (C=O) groups excluding carboxylic acids is 2. The second-order valence-corrected chi connectivity index (χ2v) is 17.2. The van der Waals surface area contributed by atoms with Crippen LogP contribution in [0.15, 0.2) is 60.8 Å². The Morgan fingerprint density at radius 2 is 1.15 bits per heavy atom. The Kier molecular flexibility index (Phi) is 39.4. The van der Waals surface area contributed by atoms with E-state index >= 15 is 0 Å². The molecule has 0 amide bonds. The van der Waals surface area contributed by atoms with Gasteiger partial charge in [-0.05, 0) is 50.9 Å². The Hall–Kier alpha value is -2.37. The van der Waals surface area contributed by atoms with E-state index in [0.717, 1.165) is 44.4 Å². The fourth-order valence-electron chi connectivity index (χ4n) is 5.94. The largest absolute Gasteiger partial charge is 0.472 e. The summed E-state index contributed by atoms with van der Waals surface area (Å²) in [4.78, 5) is 35.0. The maximum Gasteiger partial charge on any atom is 0.472 e. The van der Waals surface area contributed by atoms with Crippen molar-refractivity contribution in [1.29, 1.82) is 0 Å². The zero-order valence-corrected chi connectivity index (χ0v) is 37.9. The normalized spacial score (nSPS) is 15.0. The molecule has 11 nitrogen and oxygen atoms in total. The Labute approximate surface area is 358 Å². The van der Waals surface area contributed by atoms with E-state index in [1.165, 1.54) is 77.0 Å². The van der Waals surface area contributed by atoms with Crippen LogP contribution in [0.1, 0.15) is 175 Å². The summed E-state index contributed by atoms with van der Waals surface area (Å²) in [6.45, 7) is 4.41. The van der Waals surface area contributed by atoms with Crippen molar-refractivity contribution in [2.75, 3.05) is 26.4 Å². The number of esters is 2. The van der Waals surface area contributed by atoms with Gasteiger partial charge in [0.15, 0.2) is 6.10 Å². The van der Waals surface area contributed by atoms with Gasteiger partial charge in [-0.1, -0.05) is 178 Å². The number of hydrogen-bond donors (Lipinski definition) is 4. The summed E-state index contributed by atoms with van der Waals surface area (Å²) >= 11 is 0. The van der Waals surface area contributed by atoms with Crippen molar-refractivity contribution in [1.82, 2.24) is 0 Å². The average Bonchev–Trinajstić information content (AvgIpc) is 3.21. The summed E-state index contributed by atoms with van der Waals surface area (Å²) in [5.74, 6) is -0.195. The van der Waals surface area contributed by atoms with Crippen LogP contribution >= 0.6 is 7.82 Å². The van der Waals surface area contributed by atoms with Crippen molar-refractivity contribution >= 4 is 19.8 Å². The second kappa shape index (κ2) is 41.0. The van der Waals surface area contributed by atoms with E-state index in [9.17, 15) is 29.3 Å². The molecular formula is C47H83O11P. The first kappa shape index (κ1) is 56.6. The van der Waals surface area contributed by atoms with Gasteiger partial charge in [0, 0.05) is 12.8 Å². The highest BCUT2D eigenvalue weighted by Gasteiger charge is 2.27. The third kappa shape index (κ3) is 42.1. The number of hydrogen-bond acceptors (Lipinski definition) is 10. The van der Waals surface area contributed by atoms with E-state index in [0.29, 0.717) is 25.7 Å². The molecule has 0 aromatic rings. The number of rotatable bonds is 41. The molecule has 0 aromatic carbocycles. The van der Waals surface area contributed by atoms with Gasteiger partial charge in [-0.15, -0.1) is 0 Å². The third-order valence-electron chi connectivity index (χ3n) is 9.44. The van der Waals surface area contributed by atoms with Crippen molar-refractivity contribution in [3.63, 3.8) is 0 Å². The van der Waals surface area contributed by atoms with E-state index in [-0.39, 0.29) is 19.4 Å². The van der Waals surface area contributed by atoms with E-state index in [1.807, 2.05) is 55.5 Å². The van der Waals surface area contributed by atoms with E-state index < -0.39 is 57.9 Å². The molecule has 59 heavy (non-hydrogen) atoms.